The Kier molecular flexibility index (Phi) is 12.1. The van der Waals surface area contributed by atoms with Crippen molar-refractivity contribution in [3.8, 4) is 22.4 Å². The number of hydrogen-bond donors (Lipinski definition) is 4. The van der Waals surface area contributed by atoms with Gasteiger partial charge in [-0.25, -0.2) is 14.6 Å². The summed E-state index contributed by atoms with van der Waals surface area (Å²) in [7, 11) is 2.54. The van der Waals surface area contributed by atoms with Gasteiger partial charge in [-0.1, -0.05) is 70.2 Å². The number of H-pyrrole nitrogens is 1. The fourth-order valence-corrected chi connectivity index (χ4v) is 8.07. The number of likely N-dealkylation sites (tertiary alicyclic amines) is 2. The summed E-state index contributed by atoms with van der Waals surface area (Å²) >= 11 is 0. The van der Waals surface area contributed by atoms with Gasteiger partial charge in [-0.2, -0.15) is 0 Å². The quantitative estimate of drug-likeness (QED) is 0.217. The van der Waals surface area contributed by atoms with Gasteiger partial charge in [0.15, 0.2) is 0 Å². The number of rotatable bonds is 11. The summed E-state index contributed by atoms with van der Waals surface area (Å²) in [6, 6.07) is 12.3. The minimum atomic E-state index is -0.775. The van der Waals surface area contributed by atoms with Gasteiger partial charge in [0, 0.05) is 19.1 Å². The minimum absolute atomic E-state index is 0.0761. The number of hydrogen-bond acceptors (Lipinski definition) is 8. The van der Waals surface area contributed by atoms with E-state index in [1.165, 1.54) is 25.3 Å². The Hall–Kier alpha value is -5.40. The van der Waals surface area contributed by atoms with Gasteiger partial charge in [-0.3, -0.25) is 14.4 Å². The predicted molar refractivity (Wildman–Crippen MR) is 206 cm³/mol. The normalized spacial score (nSPS) is 20.3. The van der Waals surface area contributed by atoms with Gasteiger partial charge in [-0.15, -0.1) is 0 Å². The molecule has 0 radical (unpaired) electrons. The summed E-state index contributed by atoms with van der Waals surface area (Å²) in [5.74, 6) is -0.140. The minimum Gasteiger partial charge on any atom is -0.453 e. The molecule has 55 heavy (non-hydrogen) atoms. The van der Waals surface area contributed by atoms with E-state index >= 15 is 0 Å². The SMILES string of the molecule is COC(=O)NC(C(=O)N1CCC[C@H]1C(=O)N[C@H]1Cc2ccc(-c3ccc(-c4cnc([C@@H]5CCCN5C(=O)[C@@H](NC(=O)OC)C(C)C)[nH]4)cc3)cc2C1)C(C)C. The van der Waals surface area contributed by atoms with Gasteiger partial charge in [0.05, 0.1) is 32.2 Å². The number of alkyl carbamates (subject to hydrolysis) is 2. The molecule has 0 spiro atoms. The number of ether oxygens (including phenoxy) is 2. The maximum Gasteiger partial charge on any atom is 0.407 e. The zero-order valence-electron chi connectivity index (χ0n) is 32.5. The fraction of sp³-hybridized carbons (Fsp3) is 0.512. The van der Waals surface area contributed by atoms with Crippen LogP contribution in [-0.2, 0) is 36.7 Å². The Balaban J connectivity index is 1.07. The van der Waals surface area contributed by atoms with Crippen molar-refractivity contribution < 1.29 is 33.4 Å². The number of carbonyl (C=O) groups excluding carboxylic acids is 5. The molecule has 6 rings (SSSR count). The second kappa shape index (κ2) is 17.0. The summed E-state index contributed by atoms with van der Waals surface area (Å²) in [4.78, 5) is 75.9. The third-order valence-corrected chi connectivity index (χ3v) is 11.1. The number of amides is 5. The van der Waals surface area contributed by atoms with Crippen LogP contribution in [0.5, 0.6) is 0 Å². The molecule has 3 heterocycles. The number of carbonyl (C=O) groups is 5. The zero-order valence-corrected chi connectivity index (χ0v) is 32.5. The number of methoxy groups -OCH3 is 2. The lowest BCUT2D eigenvalue weighted by Crippen LogP contribution is -2.56. The smallest absolute Gasteiger partial charge is 0.407 e. The van der Waals surface area contributed by atoms with E-state index in [2.05, 4.69) is 68.4 Å². The van der Waals surface area contributed by atoms with Gasteiger partial charge < -0.3 is 40.2 Å². The van der Waals surface area contributed by atoms with Crippen molar-refractivity contribution in [3.05, 3.63) is 65.6 Å². The van der Waals surface area contributed by atoms with Crippen LogP contribution in [0.25, 0.3) is 22.4 Å². The van der Waals surface area contributed by atoms with E-state index in [1.54, 1.807) is 16.0 Å². The highest BCUT2D eigenvalue weighted by molar-refractivity contribution is 5.92. The van der Waals surface area contributed by atoms with Crippen LogP contribution in [-0.4, -0.2) is 101 Å². The summed E-state index contributed by atoms with van der Waals surface area (Å²) in [6.07, 6.45) is 4.82. The molecule has 4 N–H and O–H groups in total. The van der Waals surface area contributed by atoms with E-state index < -0.39 is 30.3 Å². The number of fused-ring (bicyclic) bond motifs is 1. The molecule has 294 valence electrons. The summed E-state index contributed by atoms with van der Waals surface area (Å²) in [5.41, 5.74) is 6.33. The van der Waals surface area contributed by atoms with E-state index in [0.717, 1.165) is 41.6 Å². The van der Waals surface area contributed by atoms with Crippen molar-refractivity contribution in [2.75, 3.05) is 27.3 Å². The molecule has 0 bridgehead atoms. The molecule has 3 aliphatic rings. The highest BCUT2D eigenvalue weighted by Crippen LogP contribution is 2.34. The van der Waals surface area contributed by atoms with Crippen molar-refractivity contribution in [2.45, 2.75) is 96.4 Å². The highest BCUT2D eigenvalue weighted by atomic mass is 16.5. The fourth-order valence-electron chi connectivity index (χ4n) is 8.07. The molecule has 0 saturated carbocycles. The van der Waals surface area contributed by atoms with Gasteiger partial charge >= 0.3 is 12.2 Å². The van der Waals surface area contributed by atoms with Gasteiger partial charge in [-0.05, 0) is 78.2 Å². The Morgan fingerprint density at radius 2 is 1.31 bits per heavy atom. The van der Waals surface area contributed by atoms with Crippen molar-refractivity contribution in [1.29, 1.82) is 0 Å². The van der Waals surface area contributed by atoms with Crippen LogP contribution in [0, 0.1) is 11.8 Å². The van der Waals surface area contributed by atoms with Crippen LogP contribution < -0.4 is 16.0 Å². The van der Waals surface area contributed by atoms with E-state index in [-0.39, 0.29) is 41.6 Å². The second-order valence-corrected chi connectivity index (χ2v) is 15.5. The van der Waals surface area contributed by atoms with Crippen molar-refractivity contribution >= 4 is 29.9 Å². The number of nitrogens with one attached hydrogen (secondary N) is 4. The predicted octanol–water partition coefficient (Wildman–Crippen LogP) is 4.74. The Morgan fingerprint density at radius 3 is 1.95 bits per heavy atom. The number of aromatic nitrogens is 2. The molecule has 1 aromatic heterocycles. The second-order valence-electron chi connectivity index (χ2n) is 15.5. The molecule has 5 amide bonds. The van der Waals surface area contributed by atoms with E-state index in [1.807, 2.05) is 27.7 Å². The topological polar surface area (TPSA) is 175 Å². The lowest BCUT2D eigenvalue weighted by molar-refractivity contribution is -0.141. The van der Waals surface area contributed by atoms with Crippen LogP contribution >= 0.6 is 0 Å². The Labute approximate surface area is 322 Å². The highest BCUT2D eigenvalue weighted by Gasteiger charge is 2.40. The average Bonchev–Trinajstić information content (AvgIpc) is 4.01. The Bertz CT molecular complexity index is 1890. The van der Waals surface area contributed by atoms with E-state index in [0.29, 0.717) is 38.2 Å². The molecule has 3 aromatic rings. The molecule has 2 aliphatic heterocycles. The van der Waals surface area contributed by atoms with Crippen molar-refractivity contribution in [1.82, 2.24) is 35.7 Å². The number of benzene rings is 2. The van der Waals surface area contributed by atoms with Gasteiger partial charge in [0.25, 0.3) is 0 Å². The lowest BCUT2D eigenvalue weighted by atomic mass is 9.99. The van der Waals surface area contributed by atoms with Crippen LogP contribution in [0.2, 0.25) is 0 Å². The first kappa shape index (κ1) is 39.3. The first-order valence-electron chi connectivity index (χ1n) is 19.3. The van der Waals surface area contributed by atoms with E-state index in [9.17, 15) is 24.0 Å². The van der Waals surface area contributed by atoms with Gasteiger partial charge in [0.2, 0.25) is 17.7 Å². The first-order valence-corrected chi connectivity index (χ1v) is 19.3. The standard InChI is InChI=1S/C41H53N7O7/c1-23(2)34(45-40(52)54-5)38(50)47-17-7-9-32(47)36-42-22-31(44-36)26-13-11-25(12-14-26)27-15-16-28-20-30(21-29(28)19-27)43-37(49)33-10-8-18-48(33)39(51)35(24(3)4)46-41(53)55-6/h11-16,19,22-24,30,32-35H,7-10,17-18,20-21H2,1-6H3,(H,42,44)(H,43,49)(H,45,52)(H,46,53)/t30-,32-,33-,34-,35?/m0/s1. The molecular weight excluding hydrogens is 702 g/mol. The van der Waals surface area contributed by atoms with Crippen molar-refractivity contribution in [3.63, 3.8) is 0 Å². The first-order chi connectivity index (χ1) is 26.4. The molecule has 1 aliphatic carbocycles. The molecule has 2 saturated heterocycles. The van der Waals surface area contributed by atoms with Gasteiger partial charge in [0.1, 0.15) is 23.9 Å². The maximum atomic E-state index is 13.5. The summed E-state index contributed by atoms with van der Waals surface area (Å²) in [5, 5.41) is 8.53. The van der Waals surface area contributed by atoms with Crippen molar-refractivity contribution in [2.24, 2.45) is 11.8 Å². The molecular formula is C41H53N7O7. The Morgan fingerprint density at radius 1 is 0.745 bits per heavy atom. The van der Waals surface area contributed by atoms with Crippen LogP contribution in [0.4, 0.5) is 9.59 Å². The van der Waals surface area contributed by atoms with Crippen LogP contribution in [0.3, 0.4) is 0 Å². The largest absolute Gasteiger partial charge is 0.453 e. The van der Waals surface area contributed by atoms with E-state index in [4.69, 9.17) is 9.47 Å². The number of nitrogens with zero attached hydrogens (tertiary/aromatic N) is 3. The zero-order chi connectivity index (χ0) is 39.4. The molecule has 2 fully saturated rings. The third kappa shape index (κ3) is 8.63. The molecule has 5 atom stereocenters. The molecule has 1 unspecified atom stereocenters. The summed E-state index contributed by atoms with van der Waals surface area (Å²) in [6.45, 7) is 8.55. The third-order valence-electron chi connectivity index (χ3n) is 11.1. The lowest BCUT2D eigenvalue weighted by Gasteiger charge is -2.30. The molecule has 14 nitrogen and oxygen atoms in total. The average molecular weight is 756 g/mol. The maximum absolute atomic E-state index is 13.5. The monoisotopic (exact) mass is 755 g/mol. The molecule has 2 aromatic carbocycles. The molecule has 14 heteroatoms. The van der Waals surface area contributed by atoms with Crippen LogP contribution in [0.1, 0.15) is 76.4 Å². The van der Waals surface area contributed by atoms with Crippen LogP contribution in [0.15, 0.2) is 48.7 Å². The number of aromatic amines is 1. The summed E-state index contributed by atoms with van der Waals surface area (Å²) < 4.78 is 9.47. The number of imidazole rings is 1.